The summed E-state index contributed by atoms with van der Waals surface area (Å²) >= 11 is 0. The van der Waals surface area contributed by atoms with Gasteiger partial charge in [0, 0.05) is 6.04 Å². The molecule has 3 aromatic rings. The number of fused-ring (bicyclic) bond motifs is 3. The van der Waals surface area contributed by atoms with E-state index in [0.29, 0.717) is 0 Å². The van der Waals surface area contributed by atoms with Crippen molar-refractivity contribution in [1.82, 2.24) is 0 Å². The Hall–Kier alpha value is -2.12. The minimum atomic E-state index is -0.125. The summed E-state index contributed by atoms with van der Waals surface area (Å²) in [4.78, 5) is 0. The maximum absolute atomic E-state index is 6.13. The molecule has 0 unspecified atom stereocenters. The molecule has 0 saturated heterocycles. The zero-order chi connectivity index (χ0) is 12.5. The molecule has 3 rings (SSSR count). The van der Waals surface area contributed by atoms with Crippen molar-refractivity contribution in [3.63, 3.8) is 0 Å². The summed E-state index contributed by atoms with van der Waals surface area (Å²) in [5.74, 6) is 0. The fourth-order valence-corrected chi connectivity index (χ4v) is 2.49. The Balaban J connectivity index is 2.50. The van der Waals surface area contributed by atoms with Crippen molar-refractivity contribution in [1.29, 1.82) is 0 Å². The van der Waals surface area contributed by atoms with E-state index in [9.17, 15) is 0 Å². The zero-order valence-electron chi connectivity index (χ0n) is 10.1. The van der Waals surface area contributed by atoms with E-state index in [1.54, 1.807) is 6.08 Å². The molecule has 0 fully saturated rings. The molecule has 0 amide bonds. The number of benzene rings is 3. The van der Waals surface area contributed by atoms with Gasteiger partial charge in [0.1, 0.15) is 0 Å². The van der Waals surface area contributed by atoms with E-state index < -0.39 is 0 Å². The third-order valence-electron chi connectivity index (χ3n) is 3.41. The van der Waals surface area contributed by atoms with Crippen LogP contribution >= 0.6 is 0 Å². The molecule has 3 aromatic carbocycles. The lowest BCUT2D eigenvalue weighted by atomic mass is 9.94. The summed E-state index contributed by atoms with van der Waals surface area (Å²) in [6, 6.07) is 18.8. The van der Waals surface area contributed by atoms with Crippen LogP contribution in [-0.2, 0) is 0 Å². The van der Waals surface area contributed by atoms with E-state index in [2.05, 4.69) is 61.2 Å². The first-order valence-electron chi connectivity index (χ1n) is 6.10. The van der Waals surface area contributed by atoms with Gasteiger partial charge in [0.25, 0.3) is 0 Å². The van der Waals surface area contributed by atoms with Gasteiger partial charge >= 0.3 is 0 Å². The Labute approximate surface area is 107 Å². The Kier molecular flexibility index (Phi) is 2.62. The second kappa shape index (κ2) is 4.28. The average Bonchev–Trinajstić information content (AvgIpc) is 2.45. The first-order valence-corrected chi connectivity index (χ1v) is 6.10. The minimum absolute atomic E-state index is 0.125. The Morgan fingerprint density at radius 1 is 0.889 bits per heavy atom. The largest absolute Gasteiger partial charge is 0.321 e. The molecule has 0 saturated carbocycles. The van der Waals surface area contributed by atoms with Crippen molar-refractivity contribution in [2.45, 2.75) is 6.04 Å². The van der Waals surface area contributed by atoms with Crippen LogP contribution in [0.5, 0.6) is 0 Å². The quantitative estimate of drug-likeness (QED) is 0.521. The molecule has 0 spiro atoms. The Bertz CT molecular complexity index is 728. The van der Waals surface area contributed by atoms with Gasteiger partial charge in [-0.05, 0) is 33.2 Å². The summed E-state index contributed by atoms with van der Waals surface area (Å²) in [5, 5.41) is 4.96. The van der Waals surface area contributed by atoms with Crippen LogP contribution in [0.15, 0.2) is 67.3 Å². The molecular formula is C17H15N. The highest BCUT2D eigenvalue weighted by atomic mass is 14.6. The van der Waals surface area contributed by atoms with Gasteiger partial charge in [-0.15, -0.1) is 6.58 Å². The lowest BCUT2D eigenvalue weighted by Gasteiger charge is -2.13. The molecular weight excluding hydrogens is 218 g/mol. The van der Waals surface area contributed by atoms with Crippen LogP contribution in [0.4, 0.5) is 0 Å². The molecule has 0 aliphatic heterocycles. The predicted octanol–water partition coefficient (Wildman–Crippen LogP) is 4.18. The normalized spacial score (nSPS) is 12.7. The van der Waals surface area contributed by atoms with Crippen LogP contribution in [0.25, 0.3) is 21.5 Å². The van der Waals surface area contributed by atoms with Crippen molar-refractivity contribution in [2.24, 2.45) is 5.73 Å². The summed E-state index contributed by atoms with van der Waals surface area (Å²) < 4.78 is 0. The van der Waals surface area contributed by atoms with Gasteiger partial charge < -0.3 is 5.73 Å². The van der Waals surface area contributed by atoms with Crippen LogP contribution in [0.2, 0.25) is 0 Å². The zero-order valence-corrected chi connectivity index (χ0v) is 10.1. The SMILES string of the molecule is C=C[C@@H](N)c1cc2ccccc2c2ccccc12. The monoisotopic (exact) mass is 233 g/mol. The molecule has 2 N–H and O–H groups in total. The summed E-state index contributed by atoms with van der Waals surface area (Å²) in [6.07, 6.45) is 1.79. The van der Waals surface area contributed by atoms with Gasteiger partial charge in [-0.3, -0.25) is 0 Å². The fourth-order valence-electron chi connectivity index (χ4n) is 2.49. The van der Waals surface area contributed by atoms with Crippen molar-refractivity contribution in [3.8, 4) is 0 Å². The topological polar surface area (TPSA) is 26.0 Å². The maximum atomic E-state index is 6.13. The van der Waals surface area contributed by atoms with Gasteiger partial charge in [-0.2, -0.15) is 0 Å². The lowest BCUT2D eigenvalue weighted by Crippen LogP contribution is -2.07. The maximum Gasteiger partial charge on any atom is 0.0484 e. The molecule has 1 nitrogen and oxygen atoms in total. The molecule has 0 bridgehead atoms. The van der Waals surface area contributed by atoms with Gasteiger partial charge in [-0.25, -0.2) is 0 Å². The first-order chi connectivity index (χ1) is 8.81. The molecule has 0 aromatic heterocycles. The van der Waals surface area contributed by atoms with Crippen LogP contribution in [0.1, 0.15) is 11.6 Å². The lowest BCUT2D eigenvalue weighted by molar-refractivity contribution is 0.927. The van der Waals surface area contributed by atoms with Crippen molar-refractivity contribution in [2.75, 3.05) is 0 Å². The van der Waals surface area contributed by atoms with Gasteiger partial charge in [-0.1, -0.05) is 54.6 Å². The van der Waals surface area contributed by atoms with Crippen molar-refractivity contribution < 1.29 is 0 Å². The smallest absolute Gasteiger partial charge is 0.0484 e. The van der Waals surface area contributed by atoms with Crippen LogP contribution in [0.3, 0.4) is 0 Å². The Morgan fingerprint density at radius 2 is 1.50 bits per heavy atom. The van der Waals surface area contributed by atoms with Crippen molar-refractivity contribution >= 4 is 21.5 Å². The van der Waals surface area contributed by atoms with Crippen LogP contribution in [-0.4, -0.2) is 0 Å². The number of hydrogen-bond acceptors (Lipinski definition) is 1. The summed E-state index contributed by atoms with van der Waals surface area (Å²) in [6.45, 7) is 3.80. The molecule has 0 aliphatic carbocycles. The first kappa shape index (κ1) is 11.0. The molecule has 0 radical (unpaired) electrons. The predicted molar refractivity (Wildman–Crippen MR) is 78.6 cm³/mol. The molecule has 0 aliphatic rings. The van der Waals surface area contributed by atoms with Crippen molar-refractivity contribution in [3.05, 3.63) is 72.8 Å². The van der Waals surface area contributed by atoms with E-state index in [1.165, 1.54) is 21.5 Å². The number of nitrogens with two attached hydrogens (primary N) is 1. The van der Waals surface area contributed by atoms with E-state index >= 15 is 0 Å². The second-order valence-electron chi connectivity index (χ2n) is 4.49. The third-order valence-corrected chi connectivity index (χ3v) is 3.41. The highest BCUT2D eigenvalue weighted by Crippen LogP contribution is 2.31. The number of rotatable bonds is 2. The van der Waals surface area contributed by atoms with Gasteiger partial charge in [0.2, 0.25) is 0 Å². The summed E-state index contributed by atoms with van der Waals surface area (Å²) in [5.41, 5.74) is 7.27. The second-order valence-corrected chi connectivity index (χ2v) is 4.49. The molecule has 0 heterocycles. The van der Waals surface area contributed by atoms with E-state index in [0.717, 1.165) is 5.56 Å². The highest BCUT2D eigenvalue weighted by Gasteiger charge is 2.09. The Morgan fingerprint density at radius 3 is 2.22 bits per heavy atom. The van der Waals surface area contributed by atoms with Crippen LogP contribution < -0.4 is 5.73 Å². The highest BCUT2D eigenvalue weighted by molar-refractivity contribution is 6.09. The van der Waals surface area contributed by atoms with E-state index in [-0.39, 0.29) is 6.04 Å². The van der Waals surface area contributed by atoms with Gasteiger partial charge in [0.05, 0.1) is 0 Å². The minimum Gasteiger partial charge on any atom is -0.321 e. The summed E-state index contributed by atoms with van der Waals surface area (Å²) in [7, 11) is 0. The van der Waals surface area contributed by atoms with E-state index in [4.69, 9.17) is 5.73 Å². The van der Waals surface area contributed by atoms with Gasteiger partial charge in [0.15, 0.2) is 0 Å². The third kappa shape index (κ3) is 1.60. The molecule has 1 atom stereocenters. The molecule has 1 heteroatoms. The fraction of sp³-hybridized carbons (Fsp3) is 0.0588. The van der Waals surface area contributed by atoms with Crippen LogP contribution in [0, 0.1) is 0 Å². The molecule has 18 heavy (non-hydrogen) atoms. The molecule has 88 valence electrons. The average molecular weight is 233 g/mol. The van der Waals surface area contributed by atoms with E-state index in [1.807, 2.05) is 0 Å². The number of hydrogen-bond donors (Lipinski definition) is 1. The standard InChI is InChI=1S/C17H15N/c1-2-17(18)16-11-12-7-3-4-8-13(12)14-9-5-6-10-15(14)16/h2-11,17H,1,18H2/t17-/m1/s1.